The summed E-state index contributed by atoms with van der Waals surface area (Å²) in [6.45, 7) is 0.671. The molecule has 0 aliphatic carbocycles. The number of nitriles is 2. The average molecular weight is 1800 g/mol. The highest BCUT2D eigenvalue weighted by Crippen LogP contribution is 2.34. The maximum atomic E-state index is 13.9. The Morgan fingerprint density at radius 3 is 1.22 bits per heavy atom. The Balaban J connectivity index is 0.717. The van der Waals surface area contributed by atoms with Crippen molar-refractivity contribution in [2.45, 2.75) is 107 Å². The SMILES string of the molecule is N#C[C@@H]1CC(F)(F)CN1C(=O)CNC(=O)c1ccnc2c(OCCCNC(=O)CCOCCOCCNc3nc(NCCCCCCNC(=O)CCC(C(=O)O)N4CCN(CC(=O)O)CCN(CC(=O)O)CCN(CC(=O)O)CC4)nc(NCCOCCOCCC(=O)NCCCOc4cccc5c(C(=O)NCC(=O)N6CC(F)(F)C[C@H]6C#N)ccnc45)n3)cccc12. The van der Waals surface area contributed by atoms with Crippen LogP contribution in [0, 0.1) is 22.7 Å². The van der Waals surface area contributed by atoms with Crippen molar-refractivity contribution in [2.24, 2.45) is 0 Å². The van der Waals surface area contributed by atoms with Crippen LogP contribution in [0.4, 0.5) is 35.4 Å². The van der Waals surface area contributed by atoms with Gasteiger partial charge in [-0.1, -0.05) is 37.1 Å². The van der Waals surface area contributed by atoms with E-state index in [9.17, 15) is 101 Å². The summed E-state index contributed by atoms with van der Waals surface area (Å²) < 4.78 is 90.4. The third kappa shape index (κ3) is 35.6. The van der Waals surface area contributed by atoms with Crippen LogP contribution in [0.15, 0.2) is 60.9 Å². The summed E-state index contributed by atoms with van der Waals surface area (Å²) in [6, 6.07) is 12.4. The number of unbranched alkanes of at least 4 members (excludes halogenated alkanes) is 3. The Morgan fingerprint density at radius 1 is 0.445 bits per heavy atom. The minimum atomic E-state index is -3.20. The largest absolute Gasteiger partial charge is 0.491 e. The lowest BCUT2D eigenvalue weighted by atomic mass is 10.1. The van der Waals surface area contributed by atoms with Gasteiger partial charge in [0.15, 0.2) is 0 Å². The minimum Gasteiger partial charge on any atom is -0.491 e. The molecular weight excluding hydrogens is 1690 g/mol. The molecule has 0 saturated carbocycles. The van der Waals surface area contributed by atoms with Crippen molar-refractivity contribution in [3.05, 3.63) is 72.1 Å². The number of aromatic nitrogens is 5. The first-order valence-electron chi connectivity index (χ1n) is 42.2. The van der Waals surface area contributed by atoms with Gasteiger partial charge in [0.05, 0.1) is 135 Å². The minimum absolute atomic E-state index is 0.0769. The number of carboxylic acid groups (broad SMARTS) is 4. The van der Waals surface area contributed by atoms with Crippen LogP contribution in [0.25, 0.3) is 21.8 Å². The van der Waals surface area contributed by atoms with Crippen LogP contribution in [0.3, 0.4) is 0 Å². The van der Waals surface area contributed by atoms with E-state index in [2.05, 4.69) is 67.5 Å². The first-order chi connectivity index (χ1) is 61.6. The van der Waals surface area contributed by atoms with E-state index in [0.29, 0.717) is 72.1 Å². The van der Waals surface area contributed by atoms with Gasteiger partial charge >= 0.3 is 23.9 Å². The number of nitrogens with one attached hydrogen (secondary N) is 8. The molecule has 7 amide bonds. The number of carboxylic acids is 4. The second-order valence-electron chi connectivity index (χ2n) is 30.2. The fourth-order valence-electron chi connectivity index (χ4n) is 14.0. The number of aliphatic carboxylic acids is 4. The van der Waals surface area contributed by atoms with Crippen molar-refractivity contribution in [2.75, 3.05) is 219 Å². The number of nitrogens with zero attached hydrogens (tertiary/aromatic N) is 13. The predicted octanol–water partition coefficient (Wildman–Crippen LogP) is 1.59. The summed E-state index contributed by atoms with van der Waals surface area (Å²) in [7, 11) is 0. The first kappa shape index (κ1) is 101. The smallest absolute Gasteiger partial charge is 0.320 e. The van der Waals surface area contributed by atoms with E-state index in [0.717, 1.165) is 22.6 Å². The number of rotatable bonds is 55. The maximum Gasteiger partial charge on any atom is 0.320 e. The Kier molecular flexibility index (Phi) is 42.3. The normalized spacial score (nSPS) is 16.5. The summed E-state index contributed by atoms with van der Waals surface area (Å²) in [4.78, 5) is 168. The number of amides is 7. The molecule has 8 rings (SSSR count). The van der Waals surface area contributed by atoms with Crippen molar-refractivity contribution in [1.82, 2.24) is 80.9 Å². The quantitative estimate of drug-likeness (QED) is 0.0194. The van der Waals surface area contributed by atoms with E-state index in [1.54, 1.807) is 68.1 Å². The van der Waals surface area contributed by atoms with Crippen molar-refractivity contribution in [3.63, 3.8) is 0 Å². The number of alkyl halides is 4. The number of ether oxygens (including phenoxy) is 6. The number of para-hydroxylation sites is 2. The zero-order valence-corrected chi connectivity index (χ0v) is 71.0. The molecule has 0 radical (unpaired) electrons. The van der Waals surface area contributed by atoms with E-state index in [1.807, 2.05) is 0 Å². The number of anilines is 3. The topological polar surface area (TPSA) is 552 Å². The highest BCUT2D eigenvalue weighted by atomic mass is 19.3. The molecule has 6 heterocycles. The van der Waals surface area contributed by atoms with E-state index in [1.165, 1.54) is 24.5 Å². The number of hydrogen-bond donors (Lipinski definition) is 12. The van der Waals surface area contributed by atoms with Gasteiger partial charge in [0.1, 0.15) is 40.7 Å². The lowest BCUT2D eigenvalue weighted by Gasteiger charge is -2.35. The molecule has 1 unspecified atom stereocenters. The van der Waals surface area contributed by atoms with Crippen LogP contribution in [-0.4, -0.2) is 373 Å². The number of carbonyl (C=O) groups is 11. The third-order valence-corrected chi connectivity index (χ3v) is 20.5. The molecule has 0 bridgehead atoms. The van der Waals surface area contributed by atoms with Crippen molar-refractivity contribution < 1.29 is 119 Å². The lowest BCUT2D eigenvalue weighted by molar-refractivity contribution is -0.145. The molecule has 128 heavy (non-hydrogen) atoms. The van der Waals surface area contributed by atoms with E-state index in [4.69, 9.17) is 28.4 Å². The molecule has 46 heteroatoms. The van der Waals surface area contributed by atoms with Crippen LogP contribution >= 0.6 is 0 Å². The van der Waals surface area contributed by atoms with Gasteiger partial charge in [-0.15, -0.1) is 0 Å². The van der Waals surface area contributed by atoms with Crippen LogP contribution in [0.2, 0.25) is 0 Å². The van der Waals surface area contributed by atoms with Gasteiger partial charge in [-0.2, -0.15) is 25.5 Å². The van der Waals surface area contributed by atoms with Crippen molar-refractivity contribution in [3.8, 4) is 23.6 Å². The molecule has 2 aromatic carbocycles. The first-order valence-corrected chi connectivity index (χ1v) is 42.2. The van der Waals surface area contributed by atoms with Crippen LogP contribution < -0.4 is 52.0 Å². The number of fused-ring (bicyclic) bond motifs is 2. The number of halogens is 4. The van der Waals surface area contributed by atoms with Crippen LogP contribution in [-0.2, 0) is 62.1 Å². The summed E-state index contributed by atoms with van der Waals surface area (Å²) in [5.41, 5.74) is 1.03. The molecule has 3 aliphatic rings. The Bertz CT molecular complexity index is 4370. The van der Waals surface area contributed by atoms with Gasteiger partial charge in [-0.05, 0) is 56.4 Å². The van der Waals surface area contributed by atoms with Crippen LogP contribution in [0.1, 0.15) is 97.8 Å². The zero-order chi connectivity index (χ0) is 92.2. The molecule has 3 aliphatic heterocycles. The molecule has 5 aromatic rings. The van der Waals surface area contributed by atoms with Crippen molar-refractivity contribution >= 4 is 105 Å². The molecular formula is C82H111F4N21O21. The Labute approximate surface area is 734 Å². The summed E-state index contributed by atoms with van der Waals surface area (Å²) in [5.74, 6) is -13.3. The molecule has 3 aromatic heterocycles. The summed E-state index contributed by atoms with van der Waals surface area (Å²) >= 11 is 0. The fourth-order valence-corrected chi connectivity index (χ4v) is 14.0. The van der Waals surface area contributed by atoms with Gasteiger partial charge in [-0.3, -0.25) is 82.3 Å². The molecule has 3 fully saturated rings. The number of likely N-dealkylation sites (tertiary alicyclic amines) is 2. The van der Waals surface area contributed by atoms with Gasteiger partial charge in [0, 0.05) is 147 Å². The highest BCUT2D eigenvalue weighted by Gasteiger charge is 2.48. The van der Waals surface area contributed by atoms with Gasteiger partial charge < -0.3 is 101 Å². The molecule has 3 atom stereocenters. The second kappa shape index (κ2) is 53.5. The number of carbonyl (C=O) groups excluding carboxylic acids is 7. The van der Waals surface area contributed by atoms with Gasteiger partial charge in [-0.25, -0.2) is 17.6 Å². The van der Waals surface area contributed by atoms with Gasteiger partial charge in [0.2, 0.25) is 47.4 Å². The van der Waals surface area contributed by atoms with Crippen molar-refractivity contribution in [1.29, 1.82) is 10.5 Å². The Morgan fingerprint density at radius 2 is 0.820 bits per heavy atom. The van der Waals surface area contributed by atoms with Gasteiger partial charge in [0.25, 0.3) is 23.7 Å². The van der Waals surface area contributed by atoms with E-state index >= 15 is 0 Å². The number of hydrogen-bond acceptors (Lipinski definition) is 31. The third-order valence-electron chi connectivity index (χ3n) is 20.5. The Hall–Kier alpha value is -12.2. The lowest BCUT2D eigenvalue weighted by Crippen LogP contribution is -2.52. The maximum absolute atomic E-state index is 13.9. The number of benzene rings is 2. The molecule has 12 N–H and O–H groups in total. The monoisotopic (exact) mass is 1800 g/mol. The zero-order valence-electron chi connectivity index (χ0n) is 71.0. The van der Waals surface area contributed by atoms with E-state index in [-0.39, 0.29) is 237 Å². The average Bonchev–Trinajstić information content (AvgIpc) is 1.36. The predicted molar refractivity (Wildman–Crippen MR) is 449 cm³/mol. The van der Waals surface area contributed by atoms with E-state index < -0.39 is 116 Å². The number of pyridine rings is 2. The summed E-state index contributed by atoms with van der Waals surface area (Å²) in [5, 5.41) is 81.4. The molecule has 698 valence electrons. The molecule has 0 spiro atoms. The fraction of sp³-hybridized carbons (Fsp3) is 0.585. The molecule has 42 nitrogen and oxygen atoms in total. The second-order valence-corrected chi connectivity index (χ2v) is 30.2. The van der Waals surface area contributed by atoms with Crippen LogP contribution in [0.5, 0.6) is 11.5 Å². The standard InChI is InChI=1S/C82H111F4N21O21/c83-81(84)45-56(47-87)106(54-81)68(111)49-97-75(119)60-15-23-92-73-58(60)9-5-11-63(73)127-35-7-21-90-66(109)17-37-123-41-43-125-39-25-95-79-99-78(94-20-4-2-1-3-19-89-65(108)14-13-62(77(121)122)105-33-31-103(52-71(115)116)29-27-102(51-70(113)114)28-30-104(32-34-105)53-72(117)118)100-80(101-79)96-26-40-126-44-42-124-38-18-67(110)91-22-8-36-128-64-12-6-10-59-61(16-24-93-74(59)64)76(120)98-50-69(112)107-55-82(85,86)46-57(107)48-88/h5-6,9-12,15-16,23-24,56-57,62H,1-4,7-8,13-14,17-22,25-46,49-55H2,(H,89,108)(H,90,109)(H,91,110)(H,97,119)(H,98,120)(H,113,114)(H,115,116)(H,117,118)(H,121,122)(H3,94,95,96,99,100,101)/t56-,57-,62?/m0/s1. The summed E-state index contributed by atoms with van der Waals surface area (Å²) in [6.07, 6.45) is 4.77. The molecule has 3 saturated heterocycles. The highest BCUT2D eigenvalue weighted by molar-refractivity contribution is 6.09.